The minimum Gasteiger partial charge on any atom is -0.464 e. The molecule has 0 bridgehead atoms. The Bertz CT molecular complexity index is 786. The number of carbonyl (C=O) groups is 1. The zero-order valence-electron chi connectivity index (χ0n) is 15.8. The highest BCUT2D eigenvalue weighted by molar-refractivity contribution is 5.86. The molecule has 0 radical (unpaired) electrons. The molecule has 4 aliphatic rings. The number of ether oxygens (including phenoxy) is 1. The van der Waals surface area contributed by atoms with Crippen molar-refractivity contribution >= 4 is 11.7 Å². The Morgan fingerprint density at radius 1 is 1.27 bits per heavy atom. The molecule has 26 heavy (non-hydrogen) atoms. The number of para-hydroxylation sites is 1. The van der Waals surface area contributed by atoms with Gasteiger partial charge in [0.2, 0.25) is 0 Å². The van der Waals surface area contributed by atoms with Crippen molar-refractivity contribution in [3.63, 3.8) is 0 Å². The predicted octanol–water partition coefficient (Wildman–Crippen LogP) is 4.03. The van der Waals surface area contributed by atoms with E-state index < -0.39 is 0 Å². The lowest BCUT2D eigenvalue weighted by molar-refractivity contribution is -0.146. The number of benzene rings is 1. The van der Waals surface area contributed by atoms with Gasteiger partial charge in [-0.2, -0.15) is 0 Å². The third-order valence-corrected chi connectivity index (χ3v) is 7.12. The summed E-state index contributed by atoms with van der Waals surface area (Å²) in [7, 11) is 0. The van der Waals surface area contributed by atoms with Crippen LogP contribution in [0.1, 0.15) is 57.4 Å². The highest BCUT2D eigenvalue weighted by atomic mass is 16.5. The summed E-state index contributed by atoms with van der Waals surface area (Å²) in [6.07, 6.45) is 5.58. The number of fused-ring (bicyclic) bond motifs is 3. The molecule has 4 heteroatoms. The fraction of sp³-hybridized carbons (Fsp3) is 0.591. The smallest absolute Gasteiger partial charge is 0.329 e. The summed E-state index contributed by atoms with van der Waals surface area (Å²) in [5.41, 5.74) is 5.75. The molecule has 5 rings (SSSR count). The lowest BCUT2D eigenvalue weighted by atomic mass is 9.65. The molecule has 4 nitrogen and oxygen atoms in total. The van der Waals surface area contributed by atoms with E-state index in [0.29, 0.717) is 12.5 Å². The van der Waals surface area contributed by atoms with Gasteiger partial charge >= 0.3 is 5.97 Å². The second-order valence-electron chi connectivity index (χ2n) is 8.20. The molecule has 4 aliphatic heterocycles. The third-order valence-electron chi connectivity index (χ3n) is 7.12. The molecule has 0 amide bonds. The van der Waals surface area contributed by atoms with Gasteiger partial charge in [0, 0.05) is 41.5 Å². The average Bonchev–Trinajstić information content (AvgIpc) is 3.02. The molecule has 0 saturated carbocycles. The van der Waals surface area contributed by atoms with Crippen LogP contribution in [-0.2, 0) is 9.53 Å². The Balaban J connectivity index is 1.74. The summed E-state index contributed by atoms with van der Waals surface area (Å²) in [5.74, 6) is 0.392. The molecular weight excluding hydrogens is 324 g/mol. The lowest BCUT2D eigenvalue weighted by Crippen LogP contribution is -2.56. The van der Waals surface area contributed by atoms with Crippen LogP contribution in [0, 0.1) is 5.41 Å². The van der Waals surface area contributed by atoms with Crippen molar-refractivity contribution in [2.75, 3.05) is 24.6 Å². The molecule has 2 unspecified atom stereocenters. The first-order valence-corrected chi connectivity index (χ1v) is 10.2. The Morgan fingerprint density at radius 2 is 2.12 bits per heavy atom. The fourth-order valence-electron chi connectivity index (χ4n) is 6.05. The van der Waals surface area contributed by atoms with Gasteiger partial charge in [0.05, 0.1) is 6.61 Å². The van der Waals surface area contributed by atoms with Gasteiger partial charge in [-0.15, -0.1) is 0 Å². The maximum Gasteiger partial charge on any atom is 0.329 e. The fourth-order valence-corrected chi connectivity index (χ4v) is 6.05. The maximum atomic E-state index is 13.0. The van der Waals surface area contributed by atoms with Gasteiger partial charge in [-0.05, 0) is 50.7 Å². The predicted molar refractivity (Wildman–Crippen MR) is 102 cm³/mol. The van der Waals surface area contributed by atoms with Crippen molar-refractivity contribution in [2.45, 2.75) is 57.9 Å². The summed E-state index contributed by atoms with van der Waals surface area (Å²) >= 11 is 0. The van der Waals surface area contributed by atoms with Gasteiger partial charge < -0.3 is 14.5 Å². The summed E-state index contributed by atoms with van der Waals surface area (Å²) in [5, 5.41) is 0. The van der Waals surface area contributed by atoms with E-state index in [4.69, 9.17) is 4.74 Å². The van der Waals surface area contributed by atoms with E-state index >= 15 is 0 Å². The Hall–Kier alpha value is -1.97. The minimum absolute atomic E-state index is 0.0509. The zero-order valence-corrected chi connectivity index (χ0v) is 15.8. The quantitative estimate of drug-likeness (QED) is 0.769. The summed E-state index contributed by atoms with van der Waals surface area (Å²) < 4.78 is 5.54. The number of rotatable bonds is 3. The molecule has 1 fully saturated rings. The van der Waals surface area contributed by atoms with Gasteiger partial charge in [0.1, 0.15) is 6.04 Å². The van der Waals surface area contributed by atoms with E-state index in [1.807, 2.05) is 6.92 Å². The molecule has 138 valence electrons. The van der Waals surface area contributed by atoms with Crippen LogP contribution in [0.4, 0.5) is 5.69 Å². The largest absolute Gasteiger partial charge is 0.464 e. The van der Waals surface area contributed by atoms with Crippen molar-refractivity contribution < 1.29 is 9.53 Å². The number of nitrogens with zero attached hydrogens (tertiary/aromatic N) is 2. The van der Waals surface area contributed by atoms with E-state index in [0.717, 1.165) is 25.8 Å². The molecular formula is C22H28N2O2. The molecule has 3 atom stereocenters. The molecule has 1 aromatic rings. The van der Waals surface area contributed by atoms with E-state index in [-0.39, 0.29) is 17.4 Å². The number of anilines is 1. The molecule has 1 saturated heterocycles. The van der Waals surface area contributed by atoms with Crippen LogP contribution in [0.2, 0.25) is 0 Å². The number of esters is 1. The number of carbonyl (C=O) groups excluding carboxylic acids is 1. The van der Waals surface area contributed by atoms with E-state index in [1.165, 1.54) is 36.3 Å². The van der Waals surface area contributed by atoms with Crippen molar-refractivity contribution in [1.82, 2.24) is 4.90 Å². The Morgan fingerprint density at radius 3 is 2.92 bits per heavy atom. The minimum atomic E-state index is -0.183. The molecule has 0 spiro atoms. The number of piperidine rings is 1. The SMILES string of the molecule is CCOC(=O)C1C[C@@]2(CC)CCCN3CCC4C(=C32)N1c1ccccc14. The molecule has 0 aromatic heterocycles. The van der Waals surface area contributed by atoms with Crippen LogP contribution in [0.5, 0.6) is 0 Å². The van der Waals surface area contributed by atoms with Crippen molar-refractivity contribution in [1.29, 1.82) is 0 Å². The highest BCUT2D eigenvalue weighted by Gasteiger charge is 2.56. The molecule has 0 N–H and O–H groups in total. The summed E-state index contributed by atoms with van der Waals surface area (Å²) in [6.45, 7) is 6.98. The van der Waals surface area contributed by atoms with Crippen LogP contribution in [0.15, 0.2) is 35.7 Å². The molecule has 1 aromatic carbocycles. The first-order valence-electron chi connectivity index (χ1n) is 10.2. The average molecular weight is 352 g/mol. The van der Waals surface area contributed by atoms with Crippen LogP contribution < -0.4 is 4.90 Å². The van der Waals surface area contributed by atoms with Crippen molar-refractivity contribution in [3.05, 3.63) is 41.2 Å². The van der Waals surface area contributed by atoms with Crippen LogP contribution >= 0.6 is 0 Å². The lowest BCUT2D eigenvalue weighted by Gasteiger charge is -2.55. The molecule has 4 heterocycles. The number of hydrogen-bond donors (Lipinski definition) is 0. The van der Waals surface area contributed by atoms with Crippen LogP contribution in [0.25, 0.3) is 0 Å². The van der Waals surface area contributed by atoms with E-state index in [1.54, 1.807) is 5.70 Å². The third kappa shape index (κ3) is 1.99. The van der Waals surface area contributed by atoms with Gasteiger partial charge in [-0.3, -0.25) is 0 Å². The monoisotopic (exact) mass is 352 g/mol. The Kier molecular flexibility index (Phi) is 3.60. The van der Waals surface area contributed by atoms with Gasteiger partial charge in [-0.25, -0.2) is 4.79 Å². The van der Waals surface area contributed by atoms with E-state index in [2.05, 4.69) is 41.0 Å². The number of hydrogen-bond acceptors (Lipinski definition) is 4. The first-order chi connectivity index (χ1) is 12.7. The van der Waals surface area contributed by atoms with Gasteiger partial charge in [0.25, 0.3) is 0 Å². The van der Waals surface area contributed by atoms with Gasteiger partial charge in [-0.1, -0.05) is 25.1 Å². The highest BCUT2D eigenvalue weighted by Crippen LogP contribution is 2.60. The maximum absolute atomic E-state index is 13.0. The standard InChI is InChI=1S/C22H28N2O2/c1-3-22-11-7-12-23-13-10-16-15-8-5-6-9-17(15)24(19(16)20(22)23)18(14-22)21(25)26-4-2/h5-6,8-9,16,18H,3-4,7,10-14H2,1-2H3/t16?,18?,22-/m1/s1. The summed E-state index contributed by atoms with van der Waals surface area (Å²) in [6, 6.07) is 8.52. The second kappa shape index (κ2) is 5.77. The topological polar surface area (TPSA) is 32.8 Å². The van der Waals surface area contributed by atoms with Gasteiger partial charge in [0.15, 0.2) is 0 Å². The Labute approximate surface area is 155 Å². The zero-order chi connectivity index (χ0) is 17.9. The summed E-state index contributed by atoms with van der Waals surface area (Å²) in [4.78, 5) is 18.0. The number of allylic oxidation sites excluding steroid dienone is 2. The molecule has 0 aliphatic carbocycles. The van der Waals surface area contributed by atoms with Crippen molar-refractivity contribution in [3.8, 4) is 0 Å². The normalized spacial score (nSPS) is 31.6. The second-order valence-corrected chi connectivity index (χ2v) is 8.20. The van der Waals surface area contributed by atoms with Crippen LogP contribution in [0.3, 0.4) is 0 Å². The van der Waals surface area contributed by atoms with Crippen molar-refractivity contribution in [2.24, 2.45) is 5.41 Å². The first kappa shape index (κ1) is 16.2. The van der Waals surface area contributed by atoms with Crippen LogP contribution in [-0.4, -0.2) is 36.6 Å². The van der Waals surface area contributed by atoms with E-state index in [9.17, 15) is 4.79 Å².